The zero-order chi connectivity index (χ0) is 13.2. The molecule has 0 aliphatic carbocycles. The van der Waals surface area contributed by atoms with Crippen molar-refractivity contribution in [3.05, 3.63) is 48.2 Å². The summed E-state index contributed by atoms with van der Waals surface area (Å²) < 4.78 is 55.4. The van der Waals surface area contributed by atoms with Crippen LogP contribution in [0.3, 0.4) is 0 Å². The smallest absolute Gasteiger partial charge is 0.419 e. The molecule has 2 aromatic rings. The van der Waals surface area contributed by atoms with Crippen molar-refractivity contribution < 1.29 is 22.3 Å². The number of halogens is 4. The van der Waals surface area contributed by atoms with Crippen molar-refractivity contribution in [3.8, 4) is 11.6 Å². The van der Waals surface area contributed by atoms with Crippen LogP contribution in [-0.2, 0) is 6.18 Å². The van der Waals surface area contributed by atoms with Gasteiger partial charge in [-0.2, -0.15) is 13.2 Å². The molecule has 0 N–H and O–H groups in total. The number of aromatic nitrogens is 2. The van der Waals surface area contributed by atoms with Gasteiger partial charge in [0, 0.05) is 12.3 Å². The molecule has 18 heavy (non-hydrogen) atoms. The Hall–Kier alpha value is -2.18. The van der Waals surface area contributed by atoms with Gasteiger partial charge in [-0.15, -0.1) is 0 Å². The van der Waals surface area contributed by atoms with E-state index in [1.807, 2.05) is 0 Å². The summed E-state index contributed by atoms with van der Waals surface area (Å²) in [6.45, 7) is 0. The number of ether oxygens (including phenoxy) is 1. The summed E-state index contributed by atoms with van der Waals surface area (Å²) in [4.78, 5) is 7.31. The van der Waals surface area contributed by atoms with Gasteiger partial charge in [-0.25, -0.2) is 14.4 Å². The van der Waals surface area contributed by atoms with Crippen molar-refractivity contribution >= 4 is 0 Å². The molecule has 0 radical (unpaired) electrons. The van der Waals surface area contributed by atoms with E-state index in [0.29, 0.717) is 12.1 Å². The zero-order valence-corrected chi connectivity index (χ0v) is 8.78. The first-order valence-corrected chi connectivity index (χ1v) is 4.77. The molecule has 0 aliphatic heterocycles. The number of hydrogen-bond donors (Lipinski definition) is 0. The number of nitrogens with zero attached hydrogens (tertiary/aromatic N) is 2. The summed E-state index contributed by atoms with van der Waals surface area (Å²) in [5.74, 6) is -1.43. The topological polar surface area (TPSA) is 35.0 Å². The molecule has 0 aliphatic rings. The van der Waals surface area contributed by atoms with Crippen molar-refractivity contribution in [2.24, 2.45) is 0 Å². The zero-order valence-electron chi connectivity index (χ0n) is 8.78. The van der Waals surface area contributed by atoms with Crippen LogP contribution < -0.4 is 4.74 Å². The molecule has 94 valence electrons. The third kappa shape index (κ3) is 2.73. The van der Waals surface area contributed by atoms with Gasteiger partial charge in [0.2, 0.25) is 5.88 Å². The number of hydrogen-bond acceptors (Lipinski definition) is 3. The van der Waals surface area contributed by atoms with Crippen molar-refractivity contribution in [2.45, 2.75) is 6.18 Å². The Labute approximate surface area is 99.1 Å². The van der Waals surface area contributed by atoms with Crippen LogP contribution >= 0.6 is 0 Å². The number of benzene rings is 1. The van der Waals surface area contributed by atoms with Crippen molar-refractivity contribution in [1.82, 2.24) is 9.97 Å². The molecule has 1 aromatic heterocycles. The van der Waals surface area contributed by atoms with Crippen LogP contribution in [0, 0.1) is 5.82 Å². The maximum absolute atomic E-state index is 13.0. The predicted molar refractivity (Wildman–Crippen MR) is 53.5 cm³/mol. The Morgan fingerprint density at radius 2 is 1.89 bits per heavy atom. The minimum atomic E-state index is -4.77. The van der Waals surface area contributed by atoms with E-state index in [0.717, 1.165) is 6.07 Å². The first-order chi connectivity index (χ1) is 8.47. The van der Waals surface area contributed by atoms with Crippen molar-refractivity contribution in [2.75, 3.05) is 0 Å². The van der Waals surface area contributed by atoms with Crippen LogP contribution in [0.25, 0.3) is 0 Å². The highest BCUT2D eigenvalue weighted by Gasteiger charge is 2.34. The average molecular weight is 258 g/mol. The summed E-state index contributed by atoms with van der Waals surface area (Å²) in [6.07, 6.45) is -2.21. The monoisotopic (exact) mass is 258 g/mol. The SMILES string of the molecule is Fc1ccc(Oc2ccncn2)cc1C(F)(F)F. The van der Waals surface area contributed by atoms with Gasteiger partial charge >= 0.3 is 6.18 Å². The Morgan fingerprint density at radius 1 is 1.11 bits per heavy atom. The van der Waals surface area contributed by atoms with Gasteiger partial charge in [0.1, 0.15) is 17.9 Å². The fourth-order valence-corrected chi connectivity index (χ4v) is 1.24. The van der Waals surface area contributed by atoms with Crippen LogP contribution in [0.15, 0.2) is 36.8 Å². The Morgan fingerprint density at radius 3 is 2.50 bits per heavy atom. The van der Waals surface area contributed by atoms with E-state index in [2.05, 4.69) is 9.97 Å². The second-order valence-electron chi connectivity index (χ2n) is 3.29. The van der Waals surface area contributed by atoms with E-state index in [-0.39, 0.29) is 11.6 Å². The molecule has 0 bridgehead atoms. The second kappa shape index (κ2) is 4.59. The highest BCUT2D eigenvalue weighted by molar-refractivity contribution is 5.33. The summed E-state index contributed by atoms with van der Waals surface area (Å²) >= 11 is 0. The van der Waals surface area contributed by atoms with Crippen molar-refractivity contribution in [1.29, 1.82) is 0 Å². The maximum Gasteiger partial charge on any atom is 0.419 e. The third-order valence-electron chi connectivity index (χ3n) is 2.02. The minimum Gasteiger partial charge on any atom is -0.439 e. The highest BCUT2D eigenvalue weighted by atomic mass is 19.4. The van der Waals surface area contributed by atoms with E-state index in [1.54, 1.807) is 0 Å². The van der Waals surface area contributed by atoms with Gasteiger partial charge in [0.15, 0.2) is 0 Å². The Kier molecular flexibility index (Phi) is 3.14. The molecule has 0 amide bonds. The molecule has 1 aromatic carbocycles. The predicted octanol–water partition coefficient (Wildman–Crippen LogP) is 3.43. The molecule has 0 unspecified atom stereocenters. The lowest BCUT2D eigenvalue weighted by atomic mass is 10.2. The molecule has 3 nitrogen and oxygen atoms in total. The van der Waals surface area contributed by atoms with Gasteiger partial charge in [-0.3, -0.25) is 0 Å². The molecule has 0 saturated carbocycles. The normalized spacial score (nSPS) is 11.3. The second-order valence-corrected chi connectivity index (χ2v) is 3.29. The Bertz CT molecular complexity index is 542. The van der Waals surface area contributed by atoms with Gasteiger partial charge in [0.25, 0.3) is 0 Å². The van der Waals surface area contributed by atoms with Gasteiger partial charge in [0.05, 0.1) is 5.56 Å². The molecule has 0 spiro atoms. The van der Waals surface area contributed by atoms with Crippen LogP contribution in [0.5, 0.6) is 11.6 Å². The molecule has 2 rings (SSSR count). The van der Waals surface area contributed by atoms with E-state index in [1.165, 1.54) is 18.6 Å². The molecule has 0 atom stereocenters. The van der Waals surface area contributed by atoms with Gasteiger partial charge < -0.3 is 4.74 Å². The summed E-state index contributed by atoms with van der Waals surface area (Å²) in [5, 5.41) is 0. The Balaban J connectivity index is 2.31. The summed E-state index contributed by atoms with van der Waals surface area (Å²) in [6, 6.07) is 3.74. The lowest BCUT2D eigenvalue weighted by molar-refractivity contribution is -0.140. The van der Waals surface area contributed by atoms with E-state index in [4.69, 9.17) is 4.74 Å². The van der Waals surface area contributed by atoms with Gasteiger partial charge in [-0.1, -0.05) is 0 Å². The maximum atomic E-state index is 13.0. The number of alkyl halides is 3. The lowest BCUT2D eigenvalue weighted by Crippen LogP contribution is -2.08. The summed E-state index contributed by atoms with van der Waals surface area (Å²) in [5.41, 5.74) is -1.38. The fraction of sp³-hybridized carbons (Fsp3) is 0.0909. The first kappa shape index (κ1) is 12.3. The molecular formula is C11H6F4N2O. The largest absolute Gasteiger partial charge is 0.439 e. The summed E-state index contributed by atoms with van der Waals surface area (Å²) in [7, 11) is 0. The number of rotatable bonds is 2. The molecular weight excluding hydrogens is 252 g/mol. The molecule has 7 heteroatoms. The van der Waals surface area contributed by atoms with E-state index >= 15 is 0 Å². The average Bonchev–Trinajstić information content (AvgIpc) is 2.31. The lowest BCUT2D eigenvalue weighted by Gasteiger charge is -2.10. The highest BCUT2D eigenvalue weighted by Crippen LogP contribution is 2.34. The fourth-order valence-electron chi connectivity index (χ4n) is 1.24. The minimum absolute atomic E-state index is 0.0738. The first-order valence-electron chi connectivity index (χ1n) is 4.77. The van der Waals surface area contributed by atoms with Crippen LogP contribution in [0.2, 0.25) is 0 Å². The molecule has 1 heterocycles. The third-order valence-corrected chi connectivity index (χ3v) is 2.02. The molecule has 0 saturated heterocycles. The van der Waals surface area contributed by atoms with Crippen LogP contribution in [-0.4, -0.2) is 9.97 Å². The quantitative estimate of drug-likeness (QED) is 0.774. The van der Waals surface area contributed by atoms with Crippen LogP contribution in [0.4, 0.5) is 17.6 Å². The standard InChI is InChI=1S/C11H6F4N2O/c12-9-2-1-7(5-8(9)11(13,14)15)18-10-3-4-16-6-17-10/h1-6H. The van der Waals surface area contributed by atoms with Crippen molar-refractivity contribution in [3.63, 3.8) is 0 Å². The van der Waals surface area contributed by atoms with Crippen LogP contribution in [0.1, 0.15) is 5.56 Å². The van der Waals surface area contributed by atoms with Gasteiger partial charge in [-0.05, 0) is 18.2 Å². The van der Waals surface area contributed by atoms with E-state index < -0.39 is 17.6 Å². The van der Waals surface area contributed by atoms with E-state index in [9.17, 15) is 17.6 Å². The molecule has 0 fully saturated rings.